The fourth-order valence-electron chi connectivity index (χ4n) is 3.12. The number of aromatic carboxylic acids is 1. The van der Waals surface area contributed by atoms with Crippen molar-refractivity contribution in [2.24, 2.45) is 0 Å². The highest BCUT2D eigenvalue weighted by atomic mass is 19.1. The minimum Gasteiger partial charge on any atom is -0.487 e. The first-order valence-corrected chi connectivity index (χ1v) is 8.67. The summed E-state index contributed by atoms with van der Waals surface area (Å²) in [5.74, 6) is -1.71. The van der Waals surface area contributed by atoms with Gasteiger partial charge in [-0.1, -0.05) is 6.92 Å². The number of benzene rings is 1. The first kappa shape index (κ1) is 18.2. The molecule has 1 atom stereocenters. The van der Waals surface area contributed by atoms with Crippen LogP contribution in [-0.4, -0.2) is 41.9 Å². The Morgan fingerprint density at radius 2 is 2.19 bits per heavy atom. The highest BCUT2D eigenvalue weighted by Gasteiger charge is 2.27. The van der Waals surface area contributed by atoms with Crippen LogP contribution in [-0.2, 0) is 0 Å². The number of ether oxygens (including phenoxy) is 1. The zero-order valence-electron chi connectivity index (χ0n) is 14.8. The predicted molar refractivity (Wildman–Crippen MR) is 97.0 cm³/mol. The number of nitrogens with zero attached hydrogens (tertiary/aromatic N) is 1. The molecule has 1 aliphatic rings. The first-order valence-electron chi connectivity index (χ1n) is 8.67. The Kier molecular flexibility index (Phi) is 5.13. The molecule has 140 valence electrons. The Bertz CT molecular complexity index is 910. The predicted octanol–water partition coefficient (Wildman–Crippen LogP) is 2.20. The Morgan fingerprint density at radius 3 is 2.88 bits per heavy atom. The normalized spacial score (nSPS) is 15.7. The van der Waals surface area contributed by atoms with Crippen molar-refractivity contribution < 1.29 is 19.0 Å². The second-order valence-electron chi connectivity index (χ2n) is 6.38. The lowest BCUT2D eigenvalue weighted by Crippen LogP contribution is -2.28. The summed E-state index contributed by atoms with van der Waals surface area (Å²) in [5.41, 5.74) is -0.470. The molecule has 1 aromatic heterocycles. The average molecular weight is 363 g/mol. The van der Waals surface area contributed by atoms with Gasteiger partial charge in [-0.05, 0) is 26.0 Å². The van der Waals surface area contributed by atoms with Gasteiger partial charge in [0.15, 0.2) is 11.6 Å². The SMILES string of the molecule is CCCNCCNc1c(F)cc2c(=O)c(C(=O)O)cn3c2c1OC[C@@H]3C. The molecule has 3 rings (SSSR count). The maximum Gasteiger partial charge on any atom is 0.341 e. The van der Waals surface area contributed by atoms with Gasteiger partial charge in [0.05, 0.1) is 16.9 Å². The van der Waals surface area contributed by atoms with Crippen molar-refractivity contribution in [3.05, 3.63) is 33.9 Å². The summed E-state index contributed by atoms with van der Waals surface area (Å²) in [5, 5.41) is 15.5. The molecule has 7 nitrogen and oxygen atoms in total. The standard InChI is InChI=1S/C18H22FN3O4/c1-3-4-20-5-6-21-14-13(19)7-11-15-17(14)26-9-10(2)22(15)8-12(16(11)23)18(24)25/h7-8,10,20-21H,3-6,9H2,1-2H3,(H,24,25)/t10-/m0/s1. The average Bonchev–Trinajstić information content (AvgIpc) is 2.60. The van der Waals surface area contributed by atoms with Gasteiger partial charge in [-0.15, -0.1) is 0 Å². The van der Waals surface area contributed by atoms with Crippen LogP contribution in [0.3, 0.4) is 0 Å². The highest BCUT2D eigenvalue weighted by molar-refractivity contribution is 5.97. The van der Waals surface area contributed by atoms with E-state index in [-0.39, 0.29) is 35.0 Å². The zero-order chi connectivity index (χ0) is 18.8. The largest absolute Gasteiger partial charge is 0.487 e. The van der Waals surface area contributed by atoms with E-state index in [2.05, 4.69) is 17.6 Å². The number of rotatable bonds is 7. The molecule has 0 saturated heterocycles. The fourth-order valence-corrected chi connectivity index (χ4v) is 3.12. The van der Waals surface area contributed by atoms with Crippen LogP contribution < -0.4 is 20.8 Å². The van der Waals surface area contributed by atoms with E-state index in [1.165, 1.54) is 6.20 Å². The van der Waals surface area contributed by atoms with Gasteiger partial charge in [0.2, 0.25) is 5.43 Å². The number of hydrogen-bond acceptors (Lipinski definition) is 5. The van der Waals surface area contributed by atoms with Crippen LogP contribution in [0.25, 0.3) is 10.9 Å². The number of anilines is 1. The fraction of sp³-hybridized carbons (Fsp3) is 0.444. The van der Waals surface area contributed by atoms with Crippen molar-refractivity contribution in [3.8, 4) is 5.75 Å². The zero-order valence-corrected chi connectivity index (χ0v) is 14.8. The molecule has 1 aromatic carbocycles. The Hall–Kier alpha value is -2.61. The van der Waals surface area contributed by atoms with E-state index in [0.717, 1.165) is 19.0 Å². The van der Waals surface area contributed by atoms with Gasteiger partial charge < -0.3 is 25.0 Å². The third-order valence-corrected chi connectivity index (χ3v) is 4.43. The Labute approximate surface area is 149 Å². The molecule has 3 N–H and O–H groups in total. The smallest absolute Gasteiger partial charge is 0.341 e. The summed E-state index contributed by atoms with van der Waals surface area (Å²) in [6.45, 7) is 6.20. The summed E-state index contributed by atoms with van der Waals surface area (Å²) in [7, 11) is 0. The van der Waals surface area contributed by atoms with Crippen LogP contribution in [0.1, 0.15) is 36.7 Å². The summed E-state index contributed by atoms with van der Waals surface area (Å²) in [4.78, 5) is 23.8. The molecule has 0 bridgehead atoms. The molecular formula is C18H22FN3O4. The van der Waals surface area contributed by atoms with Crippen molar-refractivity contribution in [1.82, 2.24) is 9.88 Å². The van der Waals surface area contributed by atoms with Crippen molar-refractivity contribution in [3.63, 3.8) is 0 Å². The molecule has 0 unspecified atom stereocenters. The molecule has 0 amide bonds. The Balaban J connectivity index is 2.10. The van der Waals surface area contributed by atoms with Crippen LogP contribution in [0.4, 0.5) is 10.1 Å². The van der Waals surface area contributed by atoms with Crippen molar-refractivity contribution in [2.45, 2.75) is 26.3 Å². The molecule has 2 heterocycles. The molecule has 0 aliphatic carbocycles. The van der Waals surface area contributed by atoms with Crippen molar-refractivity contribution in [2.75, 3.05) is 31.6 Å². The van der Waals surface area contributed by atoms with Crippen molar-refractivity contribution in [1.29, 1.82) is 0 Å². The van der Waals surface area contributed by atoms with Crippen LogP contribution >= 0.6 is 0 Å². The van der Waals surface area contributed by atoms with Crippen LogP contribution in [0.15, 0.2) is 17.1 Å². The van der Waals surface area contributed by atoms with Gasteiger partial charge in [0.1, 0.15) is 17.9 Å². The lowest BCUT2D eigenvalue weighted by molar-refractivity contribution is 0.0694. The van der Waals surface area contributed by atoms with Crippen molar-refractivity contribution >= 4 is 22.6 Å². The molecule has 2 aromatic rings. The summed E-state index contributed by atoms with van der Waals surface area (Å²) >= 11 is 0. The third kappa shape index (κ3) is 3.12. The van der Waals surface area contributed by atoms with Crippen LogP contribution in [0.2, 0.25) is 0 Å². The number of pyridine rings is 1. The number of nitrogens with one attached hydrogen (secondary N) is 2. The molecule has 0 radical (unpaired) electrons. The monoisotopic (exact) mass is 363 g/mol. The lowest BCUT2D eigenvalue weighted by atomic mass is 10.1. The highest BCUT2D eigenvalue weighted by Crippen LogP contribution is 2.39. The number of carbonyl (C=O) groups is 1. The topological polar surface area (TPSA) is 92.6 Å². The molecule has 8 heteroatoms. The van der Waals surface area contributed by atoms with E-state index >= 15 is 0 Å². The van der Waals surface area contributed by atoms with E-state index in [0.29, 0.717) is 18.6 Å². The van der Waals surface area contributed by atoms with E-state index < -0.39 is 17.2 Å². The summed E-state index contributed by atoms with van der Waals surface area (Å²) in [6.07, 6.45) is 2.32. The minimum absolute atomic E-state index is 0.0126. The second kappa shape index (κ2) is 7.33. The van der Waals surface area contributed by atoms with Gasteiger partial charge >= 0.3 is 5.97 Å². The van der Waals surface area contributed by atoms with E-state index in [9.17, 15) is 19.1 Å². The molecule has 0 fully saturated rings. The first-order chi connectivity index (χ1) is 12.5. The molecular weight excluding hydrogens is 341 g/mol. The third-order valence-electron chi connectivity index (χ3n) is 4.43. The number of carboxylic acids is 1. The maximum atomic E-state index is 14.6. The Morgan fingerprint density at radius 1 is 1.42 bits per heavy atom. The number of halogens is 1. The van der Waals surface area contributed by atoms with E-state index in [1.807, 2.05) is 6.92 Å². The number of carboxylic acid groups (broad SMARTS) is 1. The number of hydrogen-bond donors (Lipinski definition) is 3. The number of aromatic nitrogens is 1. The lowest BCUT2D eigenvalue weighted by Gasteiger charge is -2.28. The molecule has 0 saturated carbocycles. The van der Waals surface area contributed by atoms with Gasteiger partial charge in [0, 0.05) is 19.3 Å². The van der Waals surface area contributed by atoms with Crippen LogP contribution in [0, 0.1) is 5.82 Å². The molecule has 26 heavy (non-hydrogen) atoms. The van der Waals surface area contributed by atoms with Gasteiger partial charge in [0.25, 0.3) is 0 Å². The van der Waals surface area contributed by atoms with E-state index in [4.69, 9.17) is 4.74 Å². The minimum atomic E-state index is -1.33. The van der Waals surface area contributed by atoms with Crippen LogP contribution in [0.5, 0.6) is 5.75 Å². The molecule has 1 aliphatic heterocycles. The van der Waals surface area contributed by atoms with Gasteiger partial charge in [-0.3, -0.25) is 4.79 Å². The van der Waals surface area contributed by atoms with E-state index in [1.54, 1.807) is 4.57 Å². The molecule has 0 spiro atoms. The second-order valence-corrected chi connectivity index (χ2v) is 6.38. The maximum absolute atomic E-state index is 14.6. The quantitative estimate of drug-likeness (QED) is 0.653. The summed E-state index contributed by atoms with van der Waals surface area (Å²) in [6, 6.07) is 0.918. The summed E-state index contributed by atoms with van der Waals surface area (Å²) < 4.78 is 22.1. The van der Waals surface area contributed by atoms with Gasteiger partial charge in [-0.25, -0.2) is 9.18 Å². The van der Waals surface area contributed by atoms with Gasteiger partial charge in [-0.2, -0.15) is 0 Å².